The van der Waals surface area contributed by atoms with Crippen LogP contribution in [0.3, 0.4) is 0 Å². The maximum absolute atomic E-state index is 11.3. The topological polar surface area (TPSA) is 58.9 Å². The van der Waals surface area contributed by atoms with E-state index >= 15 is 0 Å². The second kappa shape index (κ2) is 12.5. The number of carbonyl (C=O) groups is 1. The Morgan fingerprint density at radius 1 is 1.27 bits per heavy atom. The van der Waals surface area contributed by atoms with Gasteiger partial charge >= 0.3 is 0 Å². The predicted octanol–water partition coefficient (Wildman–Crippen LogP) is 7.02. The van der Waals surface area contributed by atoms with Crippen LogP contribution in [0.1, 0.15) is 102 Å². The van der Waals surface area contributed by atoms with Crippen molar-refractivity contribution in [1.29, 1.82) is 0 Å². The van der Waals surface area contributed by atoms with Gasteiger partial charge in [0.15, 0.2) is 12.4 Å². The van der Waals surface area contributed by atoms with Gasteiger partial charge in [-0.25, -0.2) is 0 Å². The Labute approximate surface area is 190 Å². The molecule has 0 amide bonds. The van der Waals surface area contributed by atoms with Gasteiger partial charge in [0.25, 0.3) is 0 Å². The van der Waals surface area contributed by atoms with Gasteiger partial charge < -0.3 is 9.94 Å². The summed E-state index contributed by atoms with van der Waals surface area (Å²) in [6.45, 7) is 6.80. The minimum absolute atomic E-state index is 0.00684. The lowest BCUT2D eigenvalue weighted by Gasteiger charge is -2.28. The number of phenolic OH excluding ortho intramolecular Hbond substituents is 1. The third kappa shape index (κ3) is 7.72. The highest BCUT2D eigenvalue weighted by atomic mass is 79.9. The minimum Gasteiger partial charge on any atom is -0.508 e. The summed E-state index contributed by atoms with van der Waals surface area (Å²) >= 11 is 3.13. The van der Waals surface area contributed by atoms with Crippen LogP contribution in [-0.4, -0.2) is 28.5 Å². The van der Waals surface area contributed by atoms with E-state index in [1.807, 2.05) is 6.07 Å². The van der Waals surface area contributed by atoms with Crippen molar-refractivity contribution in [1.82, 2.24) is 0 Å². The number of rotatable bonds is 12. The summed E-state index contributed by atoms with van der Waals surface area (Å²) in [6.07, 6.45) is 11.3. The second-order valence-electron chi connectivity index (χ2n) is 9.22. The average Bonchev–Trinajstić information content (AvgIpc) is 2.73. The fourth-order valence-electron chi connectivity index (χ4n) is 4.25. The number of unbranched alkanes of at least 4 members (excludes halogenated alkanes) is 4. The summed E-state index contributed by atoms with van der Waals surface area (Å²) in [7, 11) is 0. The molecule has 1 aromatic carbocycles. The monoisotopic (exact) mass is 479 g/mol. The number of Topliss-reactive ketones (excluding diaryl/α,β-unsaturated/α-hetero) is 1. The van der Waals surface area contributed by atoms with Gasteiger partial charge in [-0.3, -0.25) is 4.79 Å². The molecule has 0 heterocycles. The van der Waals surface area contributed by atoms with Crippen LogP contribution >= 0.6 is 15.9 Å². The molecular formula is C25H38BrNO3. The summed E-state index contributed by atoms with van der Waals surface area (Å²) in [6, 6.07) is 6.27. The number of hydrogen-bond donors (Lipinski definition) is 1. The fraction of sp³-hybridized carbons (Fsp3) is 0.680. The number of phenols is 1. The predicted molar refractivity (Wildman–Crippen MR) is 128 cm³/mol. The van der Waals surface area contributed by atoms with Crippen LogP contribution in [0.15, 0.2) is 23.4 Å². The third-order valence-corrected chi connectivity index (χ3v) is 6.85. The number of carbonyl (C=O) groups excluding carboxylic acids is 1. The molecule has 0 radical (unpaired) electrons. The molecule has 0 bridgehead atoms. The van der Waals surface area contributed by atoms with Crippen molar-refractivity contribution in [3.8, 4) is 5.75 Å². The Kier molecular flexibility index (Phi) is 10.4. The van der Waals surface area contributed by atoms with Gasteiger partial charge in [0.1, 0.15) is 5.75 Å². The van der Waals surface area contributed by atoms with Crippen molar-refractivity contribution in [3.63, 3.8) is 0 Å². The molecule has 5 heteroatoms. The van der Waals surface area contributed by atoms with E-state index < -0.39 is 0 Å². The van der Waals surface area contributed by atoms with Crippen molar-refractivity contribution in [2.45, 2.75) is 96.3 Å². The molecule has 1 aliphatic rings. The van der Waals surface area contributed by atoms with Gasteiger partial charge in [-0.1, -0.05) is 86.1 Å². The number of aromatic hydroxyl groups is 1. The van der Waals surface area contributed by atoms with E-state index in [1.54, 1.807) is 0 Å². The maximum atomic E-state index is 11.3. The number of benzene rings is 1. The summed E-state index contributed by atoms with van der Waals surface area (Å²) < 4.78 is 0. The second-order valence-corrected chi connectivity index (χ2v) is 9.78. The van der Waals surface area contributed by atoms with E-state index in [9.17, 15) is 9.90 Å². The standard InChI is InChI=1S/C25H38BrNO3/c1-4-5-6-7-8-14-25(2,3)20-12-13-23(24(29)16-20)19-10-9-11-21(15-19)27-30-18-22(28)17-26/h12-13,16,19,29H,4-11,14-15,17-18H2,1-3H3/b27-21-. The van der Waals surface area contributed by atoms with Crippen molar-refractivity contribution in [2.75, 3.05) is 11.9 Å². The highest BCUT2D eigenvalue weighted by Gasteiger charge is 2.25. The summed E-state index contributed by atoms with van der Waals surface area (Å²) in [4.78, 5) is 16.5. The molecule has 1 fully saturated rings. The zero-order valence-corrected chi connectivity index (χ0v) is 20.5. The SMILES string of the molecule is CCCCCCCC(C)(C)c1ccc(C2CCC/C(=N/OCC(=O)CBr)C2)c(O)c1. The smallest absolute Gasteiger partial charge is 0.183 e. The van der Waals surface area contributed by atoms with Crippen LogP contribution in [0, 0.1) is 0 Å². The van der Waals surface area contributed by atoms with Crippen molar-refractivity contribution >= 4 is 27.4 Å². The first-order valence-electron chi connectivity index (χ1n) is 11.5. The average molecular weight is 480 g/mol. The Bertz CT molecular complexity index is 714. The zero-order chi connectivity index (χ0) is 22.0. The molecule has 0 saturated heterocycles. The minimum atomic E-state index is -0.0204. The number of alkyl halides is 1. The Morgan fingerprint density at radius 3 is 2.73 bits per heavy atom. The molecular weight excluding hydrogens is 442 g/mol. The van der Waals surface area contributed by atoms with Gasteiger partial charge in [0.2, 0.25) is 0 Å². The van der Waals surface area contributed by atoms with Crippen LogP contribution in [0.25, 0.3) is 0 Å². The highest BCUT2D eigenvalue weighted by Crippen LogP contribution is 2.39. The Hall–Kier alpha value is -1.36. The van der Waals surface area contributed by atoms with Gasteiger partial charge in [-0.2, -0.15) is 0 Å². The molecule has 1 N–H and O–H groups in total. The first-order valence-corrected chi connectivity index (χ1v) is 12.6. The molecule has 1 aliphatic carbocycles. The molecule has 2 rings (SSSR count). The van der Waals surface area contributed by atoms with Crippen LogP contribution in [0.5, 0.6) is 5.75 Å². The molecule has 0 aliphatic heterocycles. The van der Waals surface area contributed by atoms with Gasteiger partial charge in [0.05, 0.1) is 11.0 Å². The number of halogens is 1. The van der Waals surface area contributed by atoms with E-state index in [4.69, 9.17) is 4.84 Å². The van der Waals surface area contributed by atoms with Gasteiger partial charge in [-0.15, -0.1) is 0 Å². The lowest BCUT2D eigenvalue weighted by atomic mass is 9.77. The largest absolute Gasteiger partial charge is 0.508 e. The maximum Gasteiger partial charge on any atom is 0.183 e. The van der Waals surface area contributed by atoms with E-state index in [0.717, 1.165) is 43.4 Å². The van der Waals surface area contributed by atoms with E-state index in [1.165, 1.54) is 37.7 Å². The van der Waals surface area contributed by atoms with E-state index in [0.29, 0.717) is 5.75 Å². The molecule has 0 aromatic heterocycles. The number of ketones is 1. The normalized spacial score (nSPS) is 18.5. The number of hydrogen-bond acceptors (Lipinski definition) is 4. The Balaban J connectivity index is 1.98. The molecule has 0 spiro atoms. The van der Waals surface area contributed by atoms with Crippen LogP contribution in [0.4, 0.5) is 0 Å². The van der Waals surface area contributed by atoms with Gasteiger partial charge in [0, 0.05) is 0 Å². The Morgan fingerprint density at radius 2 is 2.03 bits per heavy atom. The lowest BCUT2D eigenvalue weighted by molar-refractivity contribution is -0.120. The summed E-state index contributed by atoms with van der Waals surface area (Å²) in [5.74, 6) is 0.625. The molecule has 168 valence electrons. The van der Waals surface area contributed by atoms with Crippen molar-refractivity contribution in [2.24, 2.45) is 5.16 Å². The van der Waals surface area contributed by atoms with Crippen molar-refractivity contribution in [3.05, 3.63) is 29.3 Å². The molecule has 1 saturated carbocycles. The van der Waals surface area contributed by atoms with E-state index in [-0.39, 0.29) is 29.1 Å². The van der Waals surface area contributed by atoms with Crippen molar-refractivity contribution < 1.29 is 14.7 Å². The molecule has 4 nitrogen and oxygen atoms in total. The van der Waals surface area contributed by atoms with Crippen LogP contribution < -0.4 is 0 Å². The van der Waals surface area contributed by atoms with E-state index in [2.05, 4.69) is 54.0 Å². The fourth-order valence-corrected chi connectivity index (χ4v) is 4.41. The van der Waals surface area contributed by atoms with Gasteiger partial charge in [-0.05, 0) is 60.6 Å². The first-order chi connectivity index (χ1) is 14.4. The zero-order valence-electron chi connectivity index (χ0n) is 18.9. The molecule has 1 atom stereocenters. The van der Waals surface area contributed by atoms with Crippen LogP contribution in [0.2, 0.25) is 0 Å². The molecule has 1 aromatic rings. The molecule has 30 heavy (non-hydrogen) atoms. The first kappa shape index (κ1) is 24.9. The third-order valence-electron chi connectivity index (χ3n) is 6.23. The molecule has 1 unspecified atom stereocenters. The summed E-state index contributed by atoms with van der Waals surface area (Å²) in [5, 5.41) is 15.3. The lowest BCUT2D eigenvalue weighted by Crippen LogP contribution is -2.18. The number of nitrogens with zero attached hydrogens (tertiary/aromatic N) is 1. The van der Waals surface area contributed by atoms with Crippen LogP contribution in [-0.2, 0) is 15.0 Å². The quantitative estimate of drug-likeness (QED) is 0.199. The highest BCUT2D eigenvalue weighted by molar-refractivity contribution is 9.09. The summed E-state index contributed by atoms with van der Waals surface area (Å²) in [5.41, 5.74) is 3.25. The number of oxime groups is 1.